The summed E-state index contributed by atoms with van der Waals surface area (Å²) in [6.45, 7) is 1.80. The number of rotatable bonds is 7. The second-order valence-corrected chi connectivity index (χ2v) is 7.53. The first-order valence-electron chi connectivity index (χ1n) is 10.5. The predicted molar refractivity (Wildman–Crippen MR) is 130 cm³/mol. The first-order chi connectivity index (χ1) is 16.4. The number of nitriles is 1. The second kappa shape index (κ2) is 11.2. The Bertz CT molecular complexity index is 1210. The number of nitrogens with two attached hydrogens (primary N) is 1. The van der Waals surface area contributed by atoms with Crippen LogP contribution in [-0.4, -0.2) is 17.1 Å². The molecule has 0 unspecified atom stereocenters. The summed E-state index contributed by atoms with van der Waals surface area (Å²) in [5.41, 5.74) is 8.37. The number of ether oxygens (including phenoxy) is 1. The van der Waals surface area contributed by atoms with Gasteiger partial charge in [-0.25, -0.2) is 4.79 Å². The number of nitrogen functional groups attached to an aromatic ring is 1. The van der Waals surface area contributed by atoms with Crippen LogP contribution >= 0.6 is 0 Å². The van der Waals surface area contributed by atoms with E-state index in [4.69, 9.17) is 15.7 Å². The van der Waals surface area contributed by atoms with Gasteiger partial charge in [0.2, 0.25) is 5.91 Å². The van der Waals surface area contributed by atoms with Crippen LogP contribution in [0.15, 0.2) is 84.9 Å². The smallest absolute Gasteiger partial charge is 0.412 e. The maximum absolute atomic E-state index is 12.6. The molecule has 0 aromatic heterocycles. The number of anilines is 3. The minimum Gasteiger partial charge on any atom is -0.508 e. The summed E-state index contributed by atoms with van der Waals surface area (Å²) in [4.78, 5) is 24.9. The van der Waals surface area contributed by atoms with Crippen molar-refractivity contribution in [1.82, 2.24) is 0 Å². The molecule has 0 saturated carbocycles. The summed E-state index contributed by atoms with van der Waals surface area (Å²) in [6, 6.07) is 21.5. The SMILES string of the molecule is C[C@@H](/C=C/C(=O)Nc1ccccc1N)[C@@H](OC(=O)Nc1ccc(C#N)cc1)c1ccc(O)cc1. The molecule has 2 amide bonds. The topological polar surface area (TPSA) is 137 Å². The lowest BCUT2D eigenvalue weighted by Crippen LogP contribution is -2.21. The standard InChI is InChI=1S/C26H24N4O4/c1-17(6-15-24(32)30-23-5-3-2-4-22(23)28)25(19-9-13-21(31)14-10-19)34-26(33)29-20-11-7-18(16-27)8-12-20/h2-15,17,25,31H,28H2,1H3,(H,29,33)(H,30,32)/b15-6+/t17-,25+/m0/s1. The molecule has 2 atom stereocenters. The molecule has 0 aliphatic heterocycles. The third-order valence-electron chi connectivity index (χ3n) is 4.96. The third-order valence-corrected chi connectivity index (χ3v) is 4.96. The van der Waals surface area contributed by atoms with Crippen molar-refractivity contribution in [3.8, 4) is 11.8 Å². The number of carbonyl (C=O) groups is 2. The molecule has 3 aromatic carbocycles. The van der Waals surface area contributed by atoms with Crippen LogP contribution in [0, 0.1) is 17.2 Å². The maximum atomic E-state index is 12.6. The highest BCUT2D eigenvalue weighted by atomic mass is 16.6. The minimum atomic E-state index is -0.746. The zero-order chi connectivity index (χ0) is 24.5. The van der Waals surface area contributed by atoms with Crippen molar-refractivity contribution in [2.45, 2.75) is 13.0 Å². The van der Waals surface area contributed by atoms with E-state index in [0.29, 0.717) is 28.2 Å². The summed E-state index contributed by atoms with van der Waals surface area (Å²) in [6.07, 6.45) is 1.53. The van der Waals surface area contributed by atoms with Gasteiger partial charge in [-0.3, -0.25) is 10.1 Å². The van der Waals surface area contributed by atoms with E-state index in [9.17, 15) is 14.7 Å². The Morgan fingerprint density at radius 3 is 2.35 bits per heavy atom. The maximum Gasteiger partial charge on any atom is 0.412 e. The zero-order valence-electron chi connectivity index (χ0n) is 18.4. The lowest BCUT2D eigenvalue weighted by atomic mass is 9.96. The van der Waals surface area contributed by atoms with Gasteiger partial charge in [0.05, 0.1) is 23.0 Å². The van der Waals surface area contributed by atoms with E-state index in [-0.39, 0.29) is 11.7 Å². The molecule has 0 radical (unpaired) electrons. The third kappa shape index (κ3) is 6.61. The van der Waals surface area contributed by atoms with Crippen LogP contribution in [0.5, 0.6) is 5.75 Å². The molecule has 0 spiro atoms. The molecule has 8 heteroatoms. The van der Waals surface area contributed by atoms with E-state index in [1.807, 2.05) is 6.07 Å². The average molecular weight is 457 g/mol. The fraction of sp³-hybridized carbons (Fsp3) is 0.115. The van der Waals surface area contributed by atoms with Crippen molar-refractivity contribution in [3.05, 3.63) is 96.1 Å². The van der Waals surface area contributed by atoms with Gasteiger partial charge in [-0.2, -0.15) is 5.26 Å². The van der Waals surface area contributed by atoms with Crippen molar-refractivity contribution in [1.29, 1.82) is 5.26 Å². The Hall–Kier alpha value is -4.77. The second-order valence-electron chi connectivity index (χ2n) is 7.53. The number of hydrogen-bond donors (Lipinski definition) is 4. The van der Waals surface area contributed by atoms with Crippen molar-refractivity contribution >= 4 is 29.1 Å². The molecule has 0 aliphatic carbocycles. The normalized spacial score (nSPS) is 12.4. The first kappa shape index (κ1) is 23.9. The number of hydrogen-bond acceptors (Lipinski definition) is 6. The molecule has 0 bridgehead atoms. The number of para-hydroxylation sites is 2. The van der Waals surface area contributed by atoms with Gasteiger partial charge < -0.3 is 20.9 Å². The molecular weight excluding hydrogens is 432 g/mol. The number of nitrogens with zero attached hydrogens (tertiary/aromatic N) is 1. The van der Waals surface area contributed by atoms with Gasteiger partial charge in [-0.15, -0.1) is 0 Å². The van der Waals surface area contributed by atoms with Crippen LogP contribution in [0.25, 0.3) is 0 Å². The van der Waals surface area contributed by atoms with Crippen molar-refractivity contribution < 1.29 is 19.4 Å². The minimum absolute atomic E-state index is 0.0764. The summed E-state index contributed by atoms with van der Waals surface area (Å²) >= 11 is 0. The number of amides is 2. The van der Waals surface area contributed by atoms with Gasteiger partial charge in [0.15, 0.2) is 0 Å². The van der Waals surface area contributed by atoms with Gasteiger partial charge in [-0.1, -0.05) is 37.3 Å². The molecule has 172 valence electrons. The zero-order valence-corrected chi connectivity index (χ0v) is 18.4. The van der Waals surface area contributed by atoms with Crippen LogP contribution < -0.4 is 16.4 Å². The molecule has 0 aliphatic rings. The Morgan fingerprint density at radius 2 is 1.71 bits per heavy atom. The van der Waals surface area contributed by atoms with Crippen LogP contribution in [0.2, 0.25) is 0 Å². The van der Waals surface area contributed by atoms with Crippen molar-refractivity contribution in [2.75, 3.05) is 16.4 Å². The van der Waals surface area contributed by atoms with Crippen LogP contribution in [-0.2, 0) is 9.53 Å². The number of phenolic OH excluding ortho intramolecular Hbond substituents is 1. The number of nitrogens with one attached hydrogen (secondary N) is 2. The largest absolute Gasteiger partial charge is 0.508 e. The highest BCUT2D eigenvalue weighted by molar-refractivity contribution is 6.01. The Kier molecular flexibility index (Phi) is 7.87. The predicted octanol–water partition coefficient (Wildman–Crippen LogP) is 4.97. The summed E-state index contributed by atoms with van der Waals surface area (Å²) < 4.78 is 5.67. The molecule has 0 saturated heterocycles. The highest BCUT2D eigenvalue weighted by Crippen LogP contribution is 2.29. The van der Waals surface area contributed by atoms with E-state index in [2.05, 4.69) is 10.6 Å². The number of benzene rings is 3. The Balaban J connectivity index is 1.72. The molecule has 0 fully saturated rings. The monoisotopic (exact) mass is 456 g/mol. The highest BCUT2D eigenvalue weighted by Gasteiger charge is 2.22. The molecule has 34 heavy (non-hydrogen) atoms. The van der Waals surface area contributed by atoms with Gasteiger partial charge in [0.25, 0.3) is 0 Å². The quantitative estimate of drug-likeness (QED) is 0.293. The summed E-state index contributed by atoms with van der Waals surface area (Å²) in [5.74, 6) is -0.695. The molecule has 3 rings (SSSR count). The lowest BCUT2D eigenvalue weighted by Gasteiger charge is -2.23. The molecule has 8 nitrogen and oxygen atoms in total. The van der Waals surface area contributed by atoms with E-state index in [1.165, 1.54) is 18.2 Å². The van der Waals surface area contributed by atoms with E-state index < -0.39 is 18.1 Å². The van der Waals surface area contributed by atoms with Gasteiger partial charge in [-0.05, 0) is 60.2 Å². The molecule has 5 N–H and O–H groups in total. The summed E-state index contributed by atoms with van der Waals surface area (Å²) in [7, 11) is 0. The van der Waals surface area contributed by atoms with Gasteiger partial charge in [0, 0.05) is 11.6 Å². The average Bonchev–Trinajstić information content (AvgIpc) is 2.83. The number of carbonyl (C=O) groups excluding carboxylic acids is 2. The van der Waals surface area contributed by atoms with Crippen molar-refractivity contribution in [2.24, 2.45) is 5.92 Å². The number of aromatic hydroxyl groups is 1. The molecule has 3 aromatic rings. The van der Waals surface area contributed by atoms with Crippen LogP contribution in [0.3, 0.4) is 0 Å². The lowest BCUT2D eigenvalue weighted by molar-refractivity contribution is -0.111. The van der Waals surface area contributed by atoms with Crippen molar-refractivity contribution in [3.63, 3.8) is 0 Å². The fourth-order valence-electron chi connectivity index (χ4n) is 3.16. The van der Waals surface area contributed by atoms with Gasteiger partial charge >= 0.3 is 6.09 Å². The summed E-state index contributed by atoms with van der Waals surface area (Å²) in [5, 5.41) is 23.8. The van der Waals surface area contributed by atoms with E-state index in [0.717, 1.165) is 0 Å². The first-order valence-corrected chi connectivity index (χ1v) is 10.5. The van der Waals surface area contributed by atoms with E-state index in [1.54, 1.807) is 73.7 Å². The van der Waals surface area contributed by atoms with Crippen LogP contribution in [0.4, 0.5) is 21.9 Å². The molecular formula is C26H24N4O4. The Labute approximate surface area is 197 Å². The molecule has 0 heterocycles. The Morgan fingerprint density at radius 1 is 1.03 bits per heavy atom. The van der Waals surface area contributed by atoms with Gasteiger partial charge in [0.1, 0.15) is 11.9 Å². The van der Waals surface area contributed by atoms with Crippen LogP contribution in [0.1, 0.15) is 24.2 Å². The van der Waals surface area contributed by atoms with E-state index >= 15 is 0 Å². The fourth-order valence-corrected chi connectivity index (χ4v) is 3.16. The number of phenols is 1.